The van der Waals surface area contributed by atoms with E-state index in [1.54, 1.807) is 6.07 Å². The van der Waals surface area contributed by atoms with E-state index in [9.17, 15) is 39.6 Å². The fraction of sp³-hybridized carbons (Fsp3) is 0.226. The number of alkyl halides is 1. The maximum atomic E-state index is 14.7. The lowest BCUT2D eigenvalue weighted by atomic mass is 9.96. The molecular weight excluding hydrogens is 559 g/mol. The second-order valence-corrected chi connectivity index (χ2v) is 9.23. The van der Waals surface area contributed by atoms with E-state index in [2.05, 4.69) is 11.9 Å². The van der Waals surface area contributed by atoms with Gasteiger partial charge in [0.15, 0.2) is 5.75 Å². The van der Waals surface area contributed by atoms with E-state index < -0.39 is 69.8 Å². The Balaban J connectivity index is 0.000000352. The number of unbranched alkanes of at least 4 members (excludes halogenated alkanes) is 2. The molecule has 0 aromatic heterocycles. The number of hydrogen-bond donors (Lipinski definition) is 0. The lowest BCUT2D eigenvalue weighted by Crippen LogP contribution is -1.98. The number of aryl methyl sites for hydroxylation is 1. The second kappa shape index (κ2) is 14.1. The molecule has 0 saturated carbocycles. The molecule has 0 atom stereocenters. The van der Waals surface area contributed by atoms with Crippen LogP contribution in [0.4, 0.5) is 39.6 Å². The van der Waals surface area contributed by atoms with Crippen LogP contribution in [0.15, 0.2) is 54.6 Å². The van der Waals surface area contributed by atoms with Gasteiger partial charge in [0.2, 0.25) is 0 Å². The van der Waals surface area contributed by atoms with Gasteiger partial charge in [-0.25, -0.2) is 35.1 Å². The van der Waals surface area contributed by atoms with Gasteiger partial charge in [-0.15, -0.1) is 0 Å². The number of benzene rings is 4. The second-order valence-electron chi connectivity index (χ2n) is 9.23. The van der Waals surface area contributed by atoms with Crippen LogP contribution in [-0.2, 0) is 13.1 Å². The molecule has 4 aromatic rings. The lowest BCUT2D eigenvalue weighted by molar-refractivity contribution is -0.00694. The predicted octanol–water partition coefficient (Wildman–Crippen LogP) is 10.5. The van der Waals surface area contributed by atoms with Crippen molar-refractivity contribution in [3.8, 4) is 28.0 Å². The minimum absolute atomic E-state index is 0.0173. The Morgan fingerprint density at radius 2 is 1.20 bits per heavy atom. The van der Waals surface area contributed by atoms with Crippen LogP contribution in [0, 0.1) is 47.6 Å². The van der Waals surface area contributed by atoms with E-state index in [1.807, 2.05) is 0 Å². The van der Waals surface area contributed by atoms with Crippen LogP contribution in [-0.4, -0.2) is 0 Å². The summed E-state index contributed by atoms with van der Waals surface area (Å²) < 4.78 is 121. The molecule has 0 heterocycles. The van der Waals surface area contributed by atoms with Crippen molar-refractivity contribution in [2.75, 3.05) is 0 Å². The van der Waals surface area contributed by atoms with E-state index in [0.29, 0.717) is 18.6 Å². The largest absolute Gasteiger partial charge is 0.294 e. The zero-order chi connectivity index (χ0) is 30.3. The van der Waals surface area contributed by atoms with Crippen molar-refractivity contribution < 1.29 is 44.6 Å². The van der Waals surface area contributed by atoms with Crippen LogP contribution >= 0.6 is 0 Å². The van der Waals surface area contributed by atoms with E-state index in [1.165, 1.54) is 19.1 Å². The van der Waals surface area contributed by atoms with Gasteiger partial charge in [-0.2, -0.15) is 0 Å². The average Bonchev–Trinajstić information content (AvgIpc) is 2.91. The maximum absolute atomic E-state index is 14.7. The zero-order valence-corrected chi connectivity index (χ0v) is 22.0. The SMILES string of the molecule is CCCCCc1ccc(-c2cc(F)c(-c3cc(F)c(CF)c(F)c3)c(F)c2)c(F)c1.Cc1c(F)cc(OF)cc1F. The molecule has 0 bridgehead atoms. The summed E-state index contributed by atoms with van der Waals surface area (Å²) in [7, 11) is 0. The van der Waals surface area contributed by atoms with Crippen LogP contribution in [0.5, 0.6) is 5.75 Å². The van der Waals surface area contributed by atoms with Crippen molar-refractivity contribution in [2.24, 2.45) is 0 Å². The summed E-state index contributed by atoms with van der Waals surface area (Å²) in [4.78, 5) is 3.15. The fourth-order valence-corrected chi connectivity index (χ4v) is 4.07. The summed E-state index contributed by atoms with van der Waals surface area (Å²) in [6.07, 6.45) is 3.69. The third-order valence-corrected chi connectivity index (χ3v) is 6.36. The first-order valence-corrected chi connectivity index (χ1v) is 12.6. The van der Waals surface area contributed by atoms with Crippen LogP contribution in [0.2, 0.25) is 0 Å². The molecule has 10 heteroatoms. The first-order chi connectivity index (χ1) is 19.5. The van der Waals surface area contributed by atoms with Crippen molar-refractivity contribution in [3.63, 3.8) is 0 Å². The van der Waals surface area contributed by atoms with Crippen molar-refractivity contribution in [1.29, 1.82) is 0 Å². The van der Waals surface area contributed by atoms with Crippen LogP contribution < -0.4 is 4.94 Å². The Hall–Kier alpha value is -3.95. The number of halogens is 9. The van der Waals surface area contributed by atoms with E-state index in [-0.39, 0.29) is 16.7 Å². The summed E-state index contributed by atoms with van der Waals surface area (Å²) in [5.41, 5.74) is -1.25. The third-order valence-electron chi connectivity index (χ3n) is 6.36. The van der Waals surface area contributed by atoms with Gasteiger partial charge < -0.3 is 0 Å². The van der Waals surface area contributed by atoms with Gasteiger partial charge in [-0.05, 0) is 66.8 Å². The first kappa shape index (κ1) is 31.6. The van der Waals surface area contributed by atoms with Gasteiger partial charge >= 0.3 is 0 Å². The molecule has 1 nitrogen and oxygen atoms in total. The highest BCUT2D eigenvalue weighted by Crippen LogP contribution is 2.34. The molecule has 0 amide bonds. The average molecular weight is 585 g/mol. The molecule has 218 valence electrons. The van der Waals surface area contributed by atoms with Gasteiger partial charge in [0.05, 0.1) is 11.1 Å². The number of rotatable bonds is 8. The quantitative estimate of drug-likeness (QED) is 0.148. The molecule has 0 radical (unpaired) electrons. The van der Waals surface area contributed by atoms with Crippen molar-refractivity contribution in [1.82, 2.24) is 0 Å². The normalized spacial score (nSPS) is 10.8. The Labute approximate surface area is 231 Å². The molecule has 41 heavy (non-hydrogen) atoms. The van der Waals surface area contributed by atoms with E-state index >= 15 is 0 Å². The van der Waals surface area contributed by atoms with Crippen molar-refractivity contribution >= 4 is 0 Å². The van der Waals surface area contributed by atoms with Crippen LogP contribution in [0.3, 0.4) is 0 Å². The molecule has 4 rings (SSSR count). The molecule has 0 unspecified atom stereocenters. The molecule has 0 fully saturated rings. The molecule has 0 aliphatic rings. The van der Waals surface area contributed by atoms with Gasteiger partial charge in [-0.3, -0.25) is 4.94 Å². The predicted molar refractivity (Wildman–Crippen MR) is 138 cm³/mol. The highest BCUT2D eigenvalue weighted by atomic mass is 19.3. The topological polar surface area (TPSA) is 9.23 Å². The Morgan fingerprint density at radius 3 is 1.68 bits per heavy atom. The third kappa shape index (κ3) is 7.62. The molecular formula is C31H25F9O. The van der Waals surface area contributed by atoms with Gasteiger partial charge in [0, 0.05) is 27.8 Å². The summed E-state index contributed by atoms with van der Waals surface area (Å²) in [6, 6.07) is 9.22. The summed E-state index contributed by atoms with van der Waals surface area (Å²) in [6.45, 7) is 1.94. The standard InChI is InChI=1S/C24H20F6.C7H5F3O/c1-2-3-4-5-14-6-7-17(19(26)8-14)15-9-22(29)24(23(30)10-15)16-11-20(27)18(13-25)21(28)12-16;1-4-6(8)2-5(11-10)3-7(4)9/h6-12H,2-5,13H2,1H3;2-3H,1H3. The summed E-state index contributed by atoms with van der Waals surface area (Å²) >= 11 is 0. The van der Waals surface area contributed by atoms with Gasteiger partial charge in [0.25, 0.3) is 0 Å². The number of hydrogen-bond acceptors (Lipinski definition) is 1. The fourth-order valence-electron chi connectivity index (χ4n) is 4.07. The first-order valence-electron chi connectivity index (χ1n) is 12.6. The van der Waals surface area contributed by atoms with Gasteiger partial charge in [-0.1, -0.05) is 31.9 Å². The highest BCUT2D eigenvalue weighted by Gasteiger charge is 2.19. The Morgan fingerprint density at radius 1 is 0.634 bits per heavy atom. The monoisotopic (exact) mass is 584 g/mol. The molecule has 0 N–H and O–H groups in total. The molecule has 0 aliphatic carbocycles. The van der Waals surface area contributed by atoms with E-state index in [4.69, 9.17) is 0 Å². The smallest absolute Gasteiger partial charge is 0.177 e. The van der Waals surface area contributed by atoms with E-state index in [0.717, 1.165) is 49.1 Å². The Bertz CT molecular complexity index is 1450. The van der Waals surface area contributed by atoms with Crippen LogP contribution in [0.1, 0.15) is 42.9 Å². The minimum atomic E-state index is -1.38. The Kier molecular flexibility index (Phi) is 10.9. The zero-order valence-electron chi connectivity index (χ0n) is 22.0. The van der Waals surface area contributed by atoms with Crippen molar-refractivity contribution in [3.05, 3.63) is 112 Å². The van der Waals surface area contributed by atoms with Crippen molar-refractivity contribution in [2.45, 2.75) is 46.2 Å². The summed E-state index contributed by atoms with van der Waals surface area (Å²) in [5, 5.41) is 0. The molecule has 0 spiro atoms. The highest BCUT2D eigenvalue weighted by molar-refractivity contribution is 5.72. The van der Waals surface area contributed by atoms with Gasteiger partial charge in [0.1, 0.15) is 47.4 Å². The minimum Gasteiger partial charge on any atom is -0.294 e. The lowest BCUT2D eigenvalue weighted by Gasteiger charge is -2.12. The maximum Gasteiger partial charge on any atom is 0.177 e. The summed E-state index contributed by atoms with van der Waals surface area (Å²) in [5.74, 6) is -7.41. The molecule has 0 aliphatic heterocycles. The molecule has 4 aromatic carbocycles. The van der Waals surface area contributed by atoms with Crippen LogP contribution in [0.25, 0.3) is 22.3 Å². The molecule has 0 saturated heterocycles.